The number of hydrogen-bond acceptors (Lipinski definition) is 4. The zero-order valence-electron chi connectivity index (χ0n) is 11.1. The monoisotopic (exact) mass is 250 g/mol. The molecule has 100 valence electrons. The fraction of sp³-hybridized carbons (Fsp3) is 0.571. The van der Waals surface area contributed by atoms with Crippen molar-refractivity contribution in [3.05, 3.63) is 29.8 Å². The maximum Gasteiger partial charge on any atom is 0.119 e. The number of methoxy groups -OCH3 is 1. The van der Waals surface area contributed by atoms with Gasteiger partial charge in [0.15, 0.2) is 0 Å². The molecule has 4 nitrogen and oxygen atoms in total. The van der Waals surface area contributed by atoms with E-state index in [0.717, 1.165) is 37.5 Å². The summed E-state index contributed by atoms with van der Waals surface area (Å²) in [5.74, 6) is 0.856. The van der Waals surface area contributed by atoms with Crippen LogP contribution < -0.4 is 10.5 Å². The highest BCUT2D eigenvalue weighted by Crippen LogP contribution is 2.20. The molecule has 0 bridgehead atoms. The normalized spacial score (nSPS) is 21.2. The van der Waals surface area contributed by atoms with Crippen molar-refractivity contribution in [2.45, 2.75) is 18.5 Å². The van der Waals surface area contributed by atoms with E-state index in [4.69, 9.17) is 15.2 Å². The van der Waals surface area contributed by atoms with Gasteiger partial charge >= 0.3 is 0 Å². The van der Waals surface area contributed by atoms with Crippen molar-refractivity contribution in [1.29, 1.82) is 0 Å². The summed E-state index contributed by atoms with van der Waals surface area (Å²) in [6.07, 6.45) is 1.10. The molecule has 0 aliphatic carbocycles. The maximum absolute atomic E-state index is 6.25. The fourth-order valence-corrected chi connectivity index (χ4v) is 2.31. The van der Waals surface area contributed by atoms with Gasteiger partial charge in [-0.05, 0) is 31.2 Å². The average Bonchev–Trinajstić information content (AvgIpc) is 2.92. The van der Waals surface area contributed by atoms with Gasteiger partial charge in [0.1, 0.15) is 5.75 Å². The minimum atomic E-state index is 0.00528. The molecule has 2 atom stereocenters. The van der Waals surface area contributed by atoms with Crippen molar-refractivity contribution in [3.63, 3.8) is 0 Å². The molecule has 1 aromatic rings. The molecular weight excluding hydrogens is 228 g/mol. The van der Waals surface area contributed by atoms with E-state index in [0.29, 0.717) is 6.04 Å². The molecule has 0 amide bonds. The number of nitrogens with two attached hydrogens (primary N) is 1. The second-order valence-corrected chi connectivity index (χ2v) is 4.84. The van der Waals surface area contributed by atoms with Gasteiger partial charge in [-0.2, -0.15) is 0 Å². The molecule has 0 saturated carbocycles. The molecule has 1 aliphatic rings. The summed E-state index contributed by atoms with van der Waals surface area (Å²) in [6.45, 7) is 2.52. The average molecular weight is 250 g/mol. The standard InChI is InChI=1S/C14H22N2O2/c1-16(12-6-7-18-10-12)9-14(15)11-4-3-5-13(8-11)17-2/h3-5,8,12,14H,6-7,9-10,15H2,1-2H3. The Balaban J connectivity index is 1.95. The van der Waals surface area contributed by atoms with Gasteiger partial charge < -0.3 is 15.2 Å². The number of nitrogens with zero attached hydrogens (tertiary/aromatic N) is 1. The van der Waals surface area contributed by atoms with Crippen molar-refractivity contribution < 1.29 is 9.47 Å². The third-order valence-corrected chi connectivity index (χ3v) is 3.54. The summed E-state index contributed by atoms with van der Waals surface area (Å²) in [5.41, 5.74) is 7.36. The largest absolute Gasteiger partial charge is 0.497 e. The number of rotatable bonds is 5. The van der Waals surface area contributed by atoms with Crippen LogP contribution in [0.1, 0.15) is 18.0 Å². The van der Waals surface area contributed by atoms with E-state index < -0.39 is 0 Å². The first-order valence-electron chi connectivity index (χ1n) is 6.38. The summed E-state index contributed by atoms with van der Waals surface area (Å²) in [4.78, 5) is 2.29. The Labute approximate surface area is 109 Å². The third kappa shape index (κ3) is 3.22. The fourth-order valence-electron chi connectivity index (χ4n) is 2.31. The minimum Gasteiger partial charge on any atom is -0.497 e. The van der Waals surface area contributed by atoms with E-state index >= 15 is 0 Å². The Hall–Kier alpha value is -1.10. The number of benzene rings is 1. The zero-order chi connectivity index (χ0) is 13.0. The van der Waals surface area contributed by atoms with Crippen LogP contribution in [0.15, 0.2) is 24.3 Å². The molecule has 4 heteroatoms. The summed E-state index contributed by atoms with van der Waals surface area (Å²) in [7, 11) is 3.78. The van der Waals surface area contributed by atoms with Gasteiger partial charge in [-0.1, -0.05) is 12.1 Å². The first kappa shape index (κ1) is 13.3. The molecule has 0 radical (unpaired) electrons. The zero-order valence-corrected chi connectivity index (χ0v) is 11.1. The van der Waals surface area contributed by atoms with Crippen LogP contribution in [0.5, 0.6) is 5.75 Å². The second kappa shape index (κ2) is 6.18. The number of hydrogen-bond donors (Lipinski definition) is 1. The highest BCUT2D eigenvalue weighted by Gasteiger charge is 2.22. The van der Waals surface area contributed by atoms with Crippen LogP contribution in [0.3, 0.4) is 0 Å². The first-order chi connectivity index (χ1) is 8.70. The Morgan fingerprint density at radius 3 is 3.06 bits per heavy atom. The van der Waals surface area contributed by atoms with Crippen molar-refractivity contribution in [2.75, 3.05) is 33.9 Å². The molecule has 18 heavy (non-hydrogen) atoms. The lowest BCUT2D eigenvalue weighted by molar-refractivity contribution is 0.156. The summed E-state index contributed by atoms with van der Waals surface area (Å²) in [5, 5.41) is 0. The lowest BCUT2D eigenvalue weighted by Crippen LogP contribution is -2.37. The maximum atomic E-state index is 6.25. The molecule has 0 spiro atoms. The number of ether oxygens (including phenoxy) is 2. The Bertz CT molecular complexity index is 378. The highest BCUT2D eigenvalue weighted by atomic mass is 16.5. The SMILES string of the molecule is COc1cccc(C(N)CN(C)C2CCOC2)c1. The Morgan fingerprint density at radius 2 is 2.39 bits per heavy atom. The quantitative estimate of drug-likeness (QED) is 0.858. The smallest absolute Gasteiger partial charge is 0.119 e. The molecule has 2 N–H and O–H groups in total. The second-order valence-electron chi connectivity index (χ2n) is 4.84. The van der Waals surface area contributed by atoms with Gasteiger partial charge in [-0.15, -0.1) is 0 Å². The van der Waals surface area contributed by atoms with E-state index in [2.05, 4.69) is 11.9 Å². The van der Waals surface area contributed by atoms with Gasteiger partial charge in [-0.25, -0.2) is 0 Å². The van der Waals surface area contributed by atoms with Crippen molar-refractivity contribution in [2.24, 2.45) is 5.73 Å². The molecule has 2 unspecified atom stereocenters. The molecule has 2 rings (SSSR count). The van der Waals surface area contributed by atoms with Gasteiger partial charge in [0, 0.05) is 25.2 Å². The van der Waals surface area contributed by atoms with E-state index in [-0.39, 0.29) is 6.04 Å². The van der Waals surface area contributed by atoms with E-state index in [9.17, 15) is 0 Å². The van der Waals surface area contributed by atoms with Crippen LogP contribution >= 0.6 is 0 Å². The Morgan fingerprint density at radius 1 is 1.56 bits per heavy atom. The van der Waals surface area contributed by atoms with Gasteiger partial charge in [0.2, 0.25) is 0 Å². The van der Waals surface area contributed by atoms with Crippen molar-refractivity contribution >= 4 is 0 Å². The van der Waals surface area contributed by atoms with Crippen molar-refractivity contribution in [1.82, 2.24) is 4.90 Å². The third-order valence-electron chi connectivity index (χ3n) is 3.54. The molecular formula is C14H22N2O2. The lowest BCUT2D eigenvalue weighted by Gasteiger charge is -2.26. The van der Waals surface area contributed by atoms with E-state index in [1.165, 1.54) is 0 Å². The predicted molar refractivity (Wildman–Crippen MR) is 71.8 cm³/mol. The molecule has 1 aliphatic heterocycles. The molecule has 1 saturated heterocycles. The van der Waals surface area contributed by atoms with Crippen LogP contribution in [0.25, 0.3) is 0 Å². The van der Waals surface area contributed by atoms with E-state index in [1.807, 2.05) is 24.3 Å². The molecule has 1 fully saturated rings. The van der Waals surface area contributed by atoms with Gasteiger partial charge in [0.05, 0.1) is 13.7 Å². The van der Waals surface area contributed by atoms with Gasteiger partial charge in [-0.3, -0.25) is 4.90 Å². The molecule has 0 aromatic heterocycles. The van der Waals surface area contributed by atoms with Gasteiger partial charge in [0.25, 0.3) is 0 Å². The summed E-state index contributed by atoms with van der Waals surface area (Å²) in [6, 6.07) is 8.47. The van der Waals surface area contributed by atoms with Crippen LogP contribution in [-0.4, -0.2) is 44.9 Å². The van der Waals surface area contributed by atoms with E-state index in [1.54, 1.807) is 7.11 Å². The first-order valence-corrected chi connectivity index (χ1v) is 6.38. The summed E-state index contributed by atoms with van der Waals surface area (Å²) >= 11 is 0. The molecule has 1 heterocycles. The topological polar surface area (TPSA) is 47.7 Å². The van der Waals surface area contributed by atoms with Crippen molar-refractivity contribution in [3.8, 4) is 5.75 Å². The molecule has 1 aromatic carbocycles. The highest BCUT2D eigenvalue weighted by molar-refractivity contribution is 5.30. The van der Waals surface area contributed by atoms with Crippen LogP contribution in [0.2, 0.25) is 0 Å². The minimum absolute atomic E-state index is 0.00528. The Kier molecular flexibility index (Phi) is 4.58. The number of likely N-dealkylation sites (N-methyl/N-ethyl adjacent to an activating group) is 1. The lowest BCUT2D eigenvalue weighted by atomic mass is 10.1. The van der Waals surface area contributed by atoms with Crippen LogP contribution in [0.4, 0.5) is 0 Å². The predicted octanol–water partition coefficient (Wildman–Crippen LogP) is 1.42. The summed E-state index contributed by atoms with van der Waals surface area (Å²) < 4.78 is 10.6. The van der Waals surface area contributed by atoms with Crippen LogP contribution in [0, 0.1) is 0 Å². The van der Waals surface area contributed by atoms with Crippen LogP contribution in [-0.2, 0) is 4.74 Å².